The van der Waals surface area contributed by atoms with Crippen LogP contribution in [0.4, 0.5) is 0 Å². The van der Waals surface area contributed by atoms with Gasteiger partial charge < -0.3 is 9.84 Å². The van der Waals surface area contributed by atoms with Gasteiger partial charge in [-0.1, -0.05) is 23.7 Å². The molecule has 2 atom stereocenters. The second kappa shape index (κ2) is 5.85. The number of hydrogen-bond acceptors (Lipinski definition) is 3. The maximum Gasteiger partial charge on any atom is 0.280 e. The molecular weight excluding hydrogens is 276 g/mol. The van der Waals surface area contributed by atoms with Gasteiger partial charge in [0.2, 0.25) is 0 Å². The molecule has 4 nitrogen and oxygen atoms in total. The molecule has 3 rings (SSSR count). The third kappa shape index (κ3) is 3.14. The third-order valence-corrected chi connectivity index (χ3v) is 4.09. The van der Waals surface area contributed by atoms with Crippen LogP contribution in [0.1, 0.15) is 30.1 Å². The maximum atomic E-state index is 11.2. The lowest BCUT2D eigenvalue weighted by molar-refractivity contribution is 0.292. The summed E-state index contributed by atoms with van der Waals surface area (Å²) in [7, 11) is 0. The van der Waals surface area contributed by atoms with E-state index in [9.17, 15) is 4.79 Å². The lowest BCUT2D eigenvalue weighted by atomic mass is 9.87. The van der Waals surface area contributed by atoms with Gasteiger partial charge in [0.05, 0.1) is 0 Å². The van der Waals surface area contributed by atoms with Gasteiger partial charge in [0.1, 0.15) is 5.76 Å². The normalized spacial score (nSPS) is 22.9. The maximum absolute atomic E-state index is 11.2. The highest BCUT2D eigenvalue weighted by Crippen LogP contribution is 2.28. The minimum atomic E-state index is -0.159. The standard InChI is InChI=1S/C15H17ClN2O2/c16-12-3-1-10(2-4-12)7-13-8-11(5-6-17-13)14-9-15(19)18-20-14/h1-4,9,11,13,17H,5-8H2,(H,18,19)/t11-,13-/m0/s1. The van der Waals surface area contributed by atoms with E-state index in [1.165, 1.54) is 5.56 Å². The zero-order chi connectivity index (χ0) is 13.9. The summed E-state index contributed by atoms with van der Waals surface area (Å²) in [4.78, 5) is 11.2. The first kappa shape index (κ1) is 13.5. The van der Waals surface area contributed by atoms with Gasteiger partial charge in [-0.15, -0.1) is 0 Å². The van der Waals surface area contributed by atoms with Crippen LogP contribution in [-0.4, -0.2) is 17.7 Å². The van der Waals surface area contributed by atoms with E-state index < -0.39 is 0 Å². The zero-order valence-electron chi connectivity index (χ0n) is 11.1. The SMILES string of the molecule is O=c1cc([C@H]2CCN[C@@H](Cc3ccc(Cl)cc3)C2)o[nH]1. The van der Waals surface area contributed by atoms with Gasteiger partial charge in [-0.2, -0.15) is 5.16 Å². The Morgan fingerprint density at radius 1 is 1.30 bits per heavy atom. The lowest BCUT2D eigenvalue weighted by Crippen LogP contribution is -2.38. The molecule has 0 bridgehead atoms. The lowest BCUT2D eigenvalue weighted by Gasteiger charge is -2.29. The van der Waals surface area contributed by atoms with Crippen molar-refractivity contribution < 1.29 is 4.52 Å². The Bertz CT molecular complexity index is 617. The van der Waals surface area contributed by atoms with Gasteiger partial charge in [-0.3, -0.25) is 4.79 Å². The Labute approximate surface area is 122 Å². The number of nitrogens with one attached hydrogen (secondary N) is 2. The molecule has 1 aromatic carbocycles. The summed E-state index contributed by atoms with van der Waals surface area (Å²) in [5.74, 6) is 1.09. The summed E-state index contributed by atoms with van der Waals surface area (Å²) in [5, 5.41) is 6.66. The van der Waals surface area contributed by atoms with E-state index in [-0.39, 0.29) is 5.56 Å². The highest BCUT2D eigenvalue weighted by atomic mass is 35.5. The first-order chi connectivity index (χ1) is 9.70. The Morgan fingerprint density at radius 3 is 2.80 bits per heavy atom. The summed E-state index contributed by atoms with van der Waals surface area (Å²) in [5.41, 5.74) is 1.11. The molecule has 2 heterocycles. The van der Waals surface area contributed by atoms with Gasteiger partial charge >= 0.3 is 0 Å². The van der Waals surface area contributed by atoms with E-state index in [1.807, 2.05) is 12.1 Å². The van der Waals surface area contributed by atoms with E-state index in [4.69, 9.17) is 16.1 Å². The number of aromatic nitrogens is 1. The van der Waals surface area contributed by atoms with Crippen molar-refractivity contribution in [1.82, 2.24) is 10.5 Å². The van der Waals surface area contributed by atoms with Gasteiger partial charge in [0.15, 0.2) is 0 Å². The van der Waals surface area contributed by atoms with Gasteiger partial charge in [0.25, 0.3) is 5.56 Å². The Kier molecular flexibility index (Phi) is 3.94. The monoisotopic (exact) mass is 292 g/mol. The highest BCUT2D eigenvalue weighted by molar-refractivity contribution is 6.30. The van der Waals surface area contributed by atoms with Crippen molar-refractivity contribution in [2.75, 3.05) is 6.54 Å². The first-order valence-corrected chi connectivity index (χ1v) is 7.25. The number of H-pyrrole nitrogens is 1. The average Bonchev–Trinajstić information content (AvgIpc) is 2.89. The molecule has 2 N–H and O–H groups in total. The van der Waals surface area contributed by atoms with Crippen molar-refractivity contribution in [3.05, 3.63) is 57.0 Å². The quantitative estimate of drug-likeness (QED) is 0.914. The number of benzene rings is 1. The zero-order valence-corrected chi connectivity index (χ0v) is 11.8. The molecule has 0 aliphatic carbocycles. The molecule has 20 heavy (non-hydrogen) atoms. The van der Waals surface area contributed by atoms with E-state index >= 15 is 0 Å². The largest absolute Gasteiger partial charge is 0.383 e. The second-order valence-electron chi connectivity index (χ2n) is 5.32. The van der Waals surface area contributed by atoms with E-state index in [0.29, 0.717) is 12.0 Å². The second-order valence-corrected chi connectivity index (χ2v) is 5.75. The summed E-state index contributed by atoms with van der Waals surface area (Å²) in [6, 6.07) is 9.92. The van der Waals surface area contributed by atoms with E-state index in [2.05, 4.69) is 22.6 Å². The first-order valence-electron chi connectivity index (χ1n) is 6.87. The molecule has 1 aliphatic rings. The van der Waals surface area contributed by atoms with Crippen molar-refractivity contribution in [1.29, 1.82) is 0 Å². The molecule has 1 saturated heterocycles. The molecule has 1 aliphatic heterocycles. The van der Waals surface area contributed by atoms with Crippen LogP contribution in [0, 0.1) is 0 Å². The summed E-state index contributed by atoms with van der Waals surface area (Å²) < 4.78 is 5.24. The fourth-order valence-electron chi connectivity index (χ4n) is 2.82. The molecule has 2 aromatic rings. The molecule has 0 radical (unpaired) electrons. The topological polar surface area (TPSA) is 58.0 Å². The van der Waals surface area contributed by atoms with Crippen LogP contribution in [-0.2, 0) is 6.42 Å². The molecule has 106 valence electrons. The Hall–Kier alpha value is -1.52. The van der Waals surface area contributed by atoms with Gasteiger partial charge in [-0.05, 0) is 43.5 Å². The van der Waals surface area contributed by atoms with Crippen LogP contribution >= 0.6 is 11.6 Å². The number of halogens is 1. The van der Waals surface area contributed by atoms with Crippen LogP contribution in [0.15, 0.2) is 39.6 Å². The van der Waals surface area contributed by atoms with Crippen molar-refractivity contribution in [3.63, 3.8) is 0 Å². The number of aromatic amines is 1. The number of piperidine rings is 1. The minimum absolute atomic E-state index is 0.159. The Balaban J connectivity index is 1.66. The molecule has 0 spiro atoms. The average molecular weight is 293 g/mol. The molecule has 1 fully saturated rings. The van der Waals surface area contributed by atoms with Crippen LogP contribution < -0.4 is 10.9 Å². The van der Waals surface area contributed by atoms with Crippen LogP contribution in [0.5, 0.6) is 0 Å². The third-order valence-electron chi connectivity index (χ3n) is 3.84. The van der Waals surface area contributed by atoms with Gasteiger partial charge in [-0.25, -0.2) is 0 Å². The molecule has 0 unspecified atom stereocenters. The molecule has 0 amide bonds. The number of hydrogen-bond donors (Lipinski definition) is 2. The van der Waals surface area contributed by atoms with Crippen molar-refractivity contribution in [3.8, 4) is 0 Å². The summed E-state index contributed by atoms with van der Waals surface area (Å²) in [6.07, 6.45) is 2.93. The van der Waals surface area contributed by atoms with Crippen molar-refractivity contribution in [2.24, 2.45) is 0 Å². The van der Waals surface area contributed by atoms with Crippen molar-refractivity contribution >= 4 is 11.6 Å². The van der Waals surface area contributed by atoms with E-state index in [0.717, 1.165) is 36.6 Å². The van der Waals surface area contributed by atoms with Gasteiger partial charge in [0, 0.05) is 23.0 Å². The number of rotatable bonds is 3. The highest BCUT2D eigenvalue weighted by Gasteiger charge is 2.25. The molecule has 1 aromatic heterocycles. The smallest absolute Gasteiger partial charge is 0.280 e. The fraction of sp³-hybridized carbons (Fsp3) is 0.400. The van der Waals surface area contributed by atoms with Crippen LogP contribution in [0.3, 0.4) is 0 Å². The summed E-state index contributed by atoms with van der Waals surface area (Å²) >= 11 is 5.90. The van der Waals surface area contributed by atoms with Crippen molar-refractivity contribution in [2.45, 2.75) is 31.2 Å². The summed E-state index contributed by atoms with van der Waals surface area (Å²) in [6.45, 7) is 0.942. The molecule has 5 heteroatoms. The molecule has 0 saturated carbocycles. The minimum Gasteiger partial charge on any atom is -0.383 e. The van der Waals surface area contributed by atoms with E-state index in [1.54, 1.807) is 6.07 Å². The predicted octanol–water partition coefficient (Wildman–Crippen LogP) is 2.70. The molecular formula is C15H17ClN2O2. The van der Waals surface area contributed by atoms with Crippen LogP contribution in [0.25, 0.3) is 0 Å². The van der Waals surface area contributed by atoms with Crippen LogP contribution in [0.2, 0.25) is 5.02 Å². The Morgan fingerprint density at radius 2 is 2.10 bits per heavy atom. The predicted molar refractivity (Wildman–Crippen MR) is 78.3 cm³/mol. The fourth-order valence-corrected chi connectivity index (χ4v) is 2.95.